The molecule has 106 valence electrons. The van der Waals surface area contributed by atoms with Crippen LogP contribution < -0.4 is 10.1 Å². The van der Waals surface area contributed by atoms with Crippen LogP contribution in [0.3, 0.4) is 0 Å². The molecule has 2 atom stereocenters. The van der Waals surface area contributed by atoms with E-state index in [0.717, 1.165) is 25.9 Å². The number of benzene rings is 1. The fourth-order valence-corrected chi connectivity index (χ4v) is 2.87. The molecule has 1 heterocycles. The Balaban J connectivity index is 2.12. The average molecular weight is 302 g/mol. The smallest absolute Gasteiger partial charge is 0.139 e. The van der Waals surface area contributed by atoms with Gasteiger partial charge in [-0.3, -0.25) is 0 Å². The van der Waals surface area contributed by atoms with Crippen LogP contribution in [0.2, 0.25) is 10.0 Å². The minimum atomic E-state index is 0.200. The van der Waals surface area contributed by atoms with Crippen LogP contribution in [0, 0.1) is 11.8 Å². The molecule has 0 radical (unpaired) electrons. The lowest BCUT2D eigenvalue weighted by Crippen LogP contribution is -2.30. The minimum absolute atomic E-state index is 0.200. The summed E-state index contributed by atoms with van der Waals surface area (Å²) in [7, 11) is 0. The summed E-state index contributed by atoms with van der Waals surface area (Å²) in [5, 5.41) is 4.46. The first kappa shape index (κ1) is 15.0. The van der Waals surface area contributed by atoms with Crippen molar-refractivity contribution in [1.29, 1.82) is 0 Å². The Morgan fingerprint density at radius 3 is 2.79 bits per heavy atom. The first-order valence-corrected chi connectivity index (χ1v) is 7.65. The minimum Gasteiger partial charge on any atom is -0.488 e. The van der Waals surface area contributed by atoms with E-state index in [9.17, 15) is 0 Å². The highest BCUT2D eigenvalue weighted by molar-refractivity contribution is 6.42. The van der Waals surface area contributed by atoms with Crippen molar-refractivity contribution >= 4 is 23.2 Å². The molecule has 0 amide bonds. The van der Waals surface area contributed by atoms with E-state index in [2.05, 4.69) is 19.2 Å². The molecule has 1 aliphatic rings. The molecule has 0 spiro atoms. The predicted octanol–water partition coefficient (Wildman–Crippen LogP) is 4.40. The molecular weight excluding hydrogens is 281 g/mol. The van der Waals surface area contributed by atoms with Gasteiger partial charge in [-0.25, -0.2) is 0 Å². The Bertz CT molecular complexity index is 417. The Hall–Kier alpha value is -0.440. The van der Waals surface area contributed by atoms with Crippen LogP contribution >= 0.6 is 23.2 Å². The largest absolute Gasteiger partial charge is 0.488 e. The number of halogens is 2. The standard InChI is InChI=1S/C15H21Cl2NO/c1-10(2)8-14(11-6-7-18-9-11)19-13-5-3-4-12(16)15(13)17/h3-5,10-11,14,18H,6-9H2,1-2H3/t11?,14-/m0/s1. The highest BCUT2D eigenvalue weighted by atomic mass is 35.5. The molecule has 1 aromatic carbocycles. The third-order valence-corrected chi connectivity index (χ3v) is 4.32. The number of ether oxygens (including phenoxy) is 1. The molecule has 0 aliphatic carbocycles. The zero-order chi connectivity index (χ0) is 13.8. The Morgan fingerprint density at radius 2 is 2.16 bits per heavy atom. The maximum atomic E-state index is 6.21. The number of nitrogens with one attached hydrogen (secondary N) is 1. The van der Waals surface area contributed by atoms with Crippen LogP contribution in [0.5, 0.6) is 5.75 Å². The van der Waals surface area contributed by atoms with Crippen LogP contribution in [0.25, 0.3) is 0 Å². The van der Waals surface area contributed by atoms with E-state index in [4.69, 9.17) is 27.9 Å². The molecule has 4 heteroatoms. The Kier molecular flexibility index (Phi) is 5.37. The van der Waals surface area contributed by atoms with Crippen LogP contribution in [0.4, 0.5) is 0 Å². The molecule has 0 aromatic heterocycles. The lowest BCUT2D eigenvalue weighted by molar-refractivity contribution is 0.120. The van der Waals surface area contributed by atoms with Crippen LogP contribution in [0.1, 0.15) is 26.7 Å². The van der Waals surface area contributed by atoms with Crippen molar-refractivity contribution in [3.8, 4) is 5.75 Å². The fourth-order valence-electron chi connectivity index (χ4n) is 2.53. The van der Waals surface area contributed by atoms with Gasteiger partial charge < -0.3 is 10.1 Å². The second-order valence-electron chi connectivity index (χ2n) is 5.59. The molecule has 1 N–H and O–H groups in total. The summed E-state index contributed by atoms with van der Waals surface area (Å²) in [4.78, 5) is 0. The van der Waals surface area contributed by atoms with Gasteiger partial charge in [0.15, 0.2) is 0 Å². The van der Waals surface area contributed by atoms with E-state index in [1.54, 1.807) is 6.07 Å². The maximum absolute atomic E-state index is 6.21. The number of hydrogen-bond donors (Lipinski definition) is 1. The van der Waals surface area contributed by atoms with Crippen LogP contribution in [0.15, 0.2) is 18.2 Å². The van der Waals surface area contributed by atoms with Gasteiger partial charge in [-0.1, -0.05) is 43.1 Å². The van der Waals surface area contributed by atoms with Gasteiger partial charge in [-0.15, -0.1) is 0 Å². The summed E-state index contributed by atoms with van der Waals surface area (Å²) < 4.78 is 6.16. The highest BCUT2D eigenvalue weighted by Crippen LogP contribution is 2.34. The second-order valence-corrected chi connectivity index (χ2v) is 6.38. The topological polar surface area (TPSA) is 21.3 Å². The normalized spacial score (nSPS) is 20.8. The molecular formula is C15H21Cl2NO. The fraction of sp³-hybridized carbons (Fsp3) is 0.600. The average Bonchev–Trinajstić information content (AvgIpc) is 2.87. The molecule has 1 unspecified atom stereocenters. The summed E-state index contributed by atoms with van der Waals surface area (Å²) in [6.07, 6.45) is 2.40. The number of rotatable bonds is 5. The quantitative estimate of drug-likeness (QED) is 0.870. The molecule has 1 saturated heterocycles. The molecule has 1 aromatic rings. The third kappa shape index (κ3) is 4.01. The van der Waals surface area contributed by atoms with Crippen molar-refractivity contribution < 1.29 is 4.74 Å². The van der Waals surface area contributed by atoms with Gasteiger partial charge in [-0.2, -0.15) is 0 Å². The van der Waals surface area contributed by atoms with Gasteiger partial charge in [0, 0.05) is 12.5 Å². The first-order valence-electron chi connectivity index (χ1n) is 6.89. The molecule has 0 bridgehead atoms. The lowest BCUT2D eigenvalue weighted by atomic mass is 9.93. The van der Waals surface area contributed by atoms with Gasteiger partial charge in [-0.05, 0) is 37.4 Å². The van der Waals surface area contributed by atoms with Crippen LogP contribution in [-0.2, 0) is 0 Å². The van der Waals surface area contributed by atoms with E-state index in [0.29, 0.717) is 27.6 Å². The molecule has 1 fully saturated rings. The Labute approximate surface area is 125 Å². The zero-order valence-electron chi connectivity index (χ0n) is 11.5. The maximum Gasteiger partial charge on any atom is 0.139 e. The van der Waals surface area contributed by atoms with Crippen molar-refractivity contribution in [3.63, 3.8) is 0 Å². The predicted molar refractivity (Wildman–Crippen MR) is 81.3 cm³/mol. The molecule has 2 rings (SSSR count). The molecule has 2 nitrogen and oxygen atoms in total. The summed E-state index contributed by atoms with van der Waals surface area (Å²) >= 11 is 12.2. The van der Waals surface area contributed by atoms with E-state index in [1.165, 1.54) is 0 Å². The van der Waals surface area contributed by atoms with Gasteiger partial charge in [0.2, 0.25) is 0 Å². The van der Waals surface area contributed by atoms with Crippen molar-refractivity contribution in [1.82, 2.24) is 5.32 Å². The van der Waals surface area contributed by atoms with E-state index >= 15 is 0 Å². The van der Waals surface area contributed by atoms with Gasteiger partial charge in [0.1, 0.15) is 16.9 Å². The summed E-state index contributed by atoms with van der Waals surface area (Å²) in [5.41, 5.74) is 0. The lowest BCUT2D eigenvalue weighted by Gasteiger charge is -2.26. The van der Waals surface area contributed by atoms with E-state index in [1.807, 2.05) is 12.1 Å². The van der Waals surface area contributed by atoms with Crippen molar-refractivity contribution in [2.75, 3.05) is 13.1 Å². The van der Waals surface area contributed by atoms with Crippen molar-refractivity contribution in [2.45, 2.75) is 32.8 Å². The molecule has 1 aliphatic heterocycles. The van der Waals surface area contributed by atoms with Crippen LogP contribution in [-0.4, -0.2) is 19.2 Å². The Morgan fingerprint density at radius 1 is 1.37 bits per heavy atom. The summed E-state index contributed by atoms with van der Waals surface area (Å²) in [5.74, 6) is 1.85. The molecule has 19 heavy (non-hydrogen) atoms. The highest BCUT2D eigenvalue weighted by Gasteiger charge is 2.27. The second kappa shape index (κ2) is 6.83. The van der Waals surface area contributed by atoms with Gasteiger partial charge in [0.25, 0.3) is 0 Å². The first-order chi connectivity index (χ1) is 9.08. The zero-order valence-corrected chi connectivity index (χ0v) is 13.0. The monoisotopic (exact) mass is 301 g/mol. The van der Waals surface area contributed by atoms with Crippen molar-refractivity contribution in [2.24, 2.45) is 11.8 Å². The summed E-state index contributed by atoms with van der Waals surface area (Å²) in [6, 6.07) is 5.55. The summed E-state index contributed by atoms with van der Waals surface area (Å²) in [6.45, 7) is 6.54. The molecule has 0 saturated carbocycles. The van der Waals surface area contributed by atoms with Crippen molar-refractivity contribution in [3.05, 3.63) is 28.2 Å². The third-order valence-electron chi connectivity index (χ3n) is 3.52. The van der Waals surface area contributed by atoms with Gasteiger partial charge in [0.05, 0.1) is 5.02 Å². The van der Waals surface area contributed by atoms with E-state index < -0.39 is 0 Å². The number of hydrogen-bond acceptors (Lipinski definition) is 2. The SMILES string of the molecule is CC(C)C[C@H](Oc1cccc(Cl)c1Cl)C1CCNC1. The van der Waals surface area contributed by atoms with Gasteiger partial charge >= 0.3 is 0 Å². The van der Waals surface area contributed by atoms with E-state index in [-0.39, 0.29) is 6.10 Å².